The molecule has 0 radical (unpaired) electrons. The van der Waals surface area contributed by atoms with E-state index in [1.54, 1.807) is 7.11 Å². The summed E-state index contributed by atoms with van der Waals surface area (Å²) in [6.07, 6.45) is 6.63. The maximum atomic E-state index is 5.01. The Labute approximate surface area is 131 Å². The van der Waals surface area contributed by atoms with E-state index in [4.69, 9.17) is 4.74 Å². The smallest absolute Gasteiger partial charge is 0.209 e. The van der Waals surface area contributed by atoms with Gasteiger partial charge in [-0.25, -0.2) is 4.68 Å². The molecule has 2 atom stereocenters. The Morgan fingerprint density at radius 2 is 2.29 bits per heavy atom. The van der Waals surface area contributed by atoms with Crippen LogP contribution in [0.25, 0.3) is 0 Å². The van der Waals surface area contributed by atoms with E-state index < -0.39 is 0 Å². The van der Waals surface area contributed by atoms with Crippen LogP contribution in [0.15, 0.2) is 5.16 Å². The van der Waals surface area contributed by atoms with Crippen molar-refractivity contribution in [2.45, 2.75) is 56.0 Å². The minimum Gasteiger partial charge on any atom is -0.383 e. The van der Waals surface area contributed by atoms with Gasteiger partial charge in [-0.3, -0.25) is 0 Å². The monoisotopic (exact) mass is 313 g/mol. The number of methoxy groups -OCH3 is 1. The van der Waals surface area contributed by atoms with Gasteiger partial charge in [0.05, 0.1) is 13.2 Å². The van der Waals surface area contributed by atoms with E-state index in [2.05, 4.69) is 27.8 Å². The van der Waals surface area contributed by atoms with Crippen LogP contribution >= 0.6 is 11.8 Å². The van der Waals surface area contributed by atoms with Crippen molar-refractivity contribution in [2.24, 2.45) is 5.92 Å². The van der Waals surface area contributed by atoms with Crippen LogP contribution in [-0.4, -0.2) is 52.3 Å². The second-order valence-electron chi connectivity index (χ2n) is 5.61. The fourth-order valence-electron chi connectivity index (χ4n) is 2.77. The Bertz CT molecular complexity index is 400. The van der Waals surface area contributed by atoms with Crippen LogP contribution in [0.3, 0.4) is 0 Å². The largest absolute Gasteiger partial charge is 0.383 e. The van der Waals surface area contributed by atoms with E-state index in [1.165, 1.54) is 32.1 Å². The molecular weight excluding hydrogens is 286 g/mol. The molecule has 6 nitrogen and oxygen atoms in total. The molecule has 21 heavy (non-hydrogen) atoms. The first-order chi connectivity index (χ1) is 10.3. The molecule has 1 aliphatic rings. The summed E-state index contributed by atoms with van der Waals surface area (Å²) >= 11 is 1.86. The Morgan fingerprint density at radius 1 is 1.38 bits per heavy atom. The van der Waals surface area contributed by atoms with Crippen molar-refractivity contribution in [1.29, 1.82) is 0 Å². The number of nitrogens with zero attached hydrogens (tertiary/aromatic N) is 4. The molecule has 0 amide bonds. The summed E-state index contributed by atoms with van der Waals surface area (Å²) in [5, 5.41) is 17.1. The van der Waals surface area contributed by atoms with Gasteiger partial charge in [0.2, 0.25) is 5.16 Å². The van der Waals surface area contributed by atoms with Crippen LogP contribution < -0.4 is 5.32 Å². The van der Waals surface area contributed by atoms with E-state index in [9.17, 15) is 0 Å². The molecule has 0 spiro atoms. The summed E-state index contributed by atoms with van der Waals surface area (Å²) in [5.74, 6) is 0.885. The number of nitrogens with one attached hydrogen (secondary N) is 1. The average Bonchev–Trinajstić information content (AvgIpc) is 2.94. The van der Waals surface area contributed by atoms with Crippen LogP contribution in [0.5, 0.6) is 0 Å². The molecule has 120 valence electrons. The van der Waals surface area contributed by atoms with Gasteiger partial charge in [0, 0.05) is 25.4 Å². The zero-order valence-electron chi connectivity index (χ0n) is 13.1. The highest BCUT2D eigenvalue weighted by Gasteiger charge is 2.23. The normalized spacial score (nSPS) is 22.6. The minimum absolute atomic E-state index is 0.676. The molecule has 1 aromatic heterocycles. The molecule has 0 aromatic carbocycles. The Hall–Kier alpha value is -0.660. The quantitative estimate of drug-likeness (QED) is 0.703. The highest BCUT2D eigenvalue weighted by atomic mass is 32.2. The minimum atomic E-state index is 0.676. The molecule has 7 heteroatoms. The molecule has 0 bridgehead atoms. The summed E-state index contributed by atoms with van der Waals surface area (Å²) in [6.45, 7) is 5.57. The van der Waals surface area contributed by atoms with Crippen molar-refractivity contribution in [3.05, 3.63) is 0 Å². The average molecular weight is 313 g/mol. The van der Waals surface area contributed by atoms with Gasteiger partial charge in [-0.05, 0) is 29.2 Å². The van der Waals surface area contributed by atoms with Gasteiger partial charge in [-0.1, -0.05) is 37.9 Å². The third-order valence-corrected chi connectivity index (χ3v) is 5.33. The van der Waals surface area contributed by atoms with Crippen molar-refractivity contribution in [3.63, 3.8) is 0 Å². The molecule has 1 N–H and O–H groups in total. The highest BCUT2D eigenvalue weighted by Crippen LogP contribution is 2.36. The first-order valence-electron chi connectivity index (χ1n) is 7.96. The van der Waals surface area contributed by atoms with E-state index in [0.717, 1.165) is 37.3 Å². The summed E-state index contributed by atoms with van der Waals surface area (Å²) in [5.41, 5.74) is 0. The first-order valence-corrected chi connectivity index (χ1v) is 8.84. The SMILES string of the molecule is CCC1CCCC(Sc2nnnn2CCNCCOC)C1. The number of rotatable bonds is 9. The van der Waals surface area contributed by atoms with Crippen LogP contribution in [0.4, 0.5) is 0 Å². The number of tetrazole rings is 1. The molecule has 1 heterocycles. The molecule has 0 aliphatic heterocycles. The van der Waals surface area contributed by atoms with Crippen LogP contribution in [0.2, 0.25) is 0 Å². The number of hydrogen-bond donors (Lipinski definition) is 1. The van der Waals surface area contributed by atoms with Crippen molar-refractivity contribution >= 4 is 11.8 Å². The molecule has 1 saturated carbocycles. The van der Waals surface area contributed by atoms with Gasteiger partial charge in [0.1, 0.15) is 0 Å². The van der Waals surface area contributed by atoms with Gasteiger partial charge in [0.25, 0.3) is 0 Å². The van der Waals surface area contributed by atoms with Crippen molar-refractivity contribution in [2.75, 3.05) is 26.8 Å². The lowest BCUT2D eigenvalue weighted by Gasteiger charge is -2.27. The van der Waals surface area contributed by atoms with Crippen molar-refractivity contribution in [3.8, 4) is 0 Å². The maximum absolute atomic E-state index is 5.01. The summed E-state index contributed by atoms with van der Waals surface area (Å²) in [6, 6.07) is 0. The van der Waals surface area contributed by atoms with Gasteiger partial charge in [0.15, 0.2) is 0 Å². The lowest BCUT2D eigenvalue weighted by molar-refractivity contribution is 0.199. The van der Waals surface area contributed by atoms with E-state index >= 15 is 0 Å². The number of hydrogen-bond acceptors (Lipinski definition) is 6. The fourth-order valence-corrected chi connectivity index (χ4v) is 4.06. The van der Waals surface area contributed by atoms with E-state index in [-0.39, 0.29) is 0 Å². The lowest BCUT2D eigenvalue weighted by atomic mass is 9.87. The first kappa shape index (κ1) is 16.7. The van der Waals surface area contributed by atoms with Crippen molar-refractivity contribution < 1.29 is 4.74 Å². The zero-order valence-corrected chi connectivity index (χ0v) is 13.9. The third-order valence-electron chi connectivity index (χ3n) is 4.07. The lowest BCUT2D eigenvalue weighted by Crippen LogP contribution is -2.24. The van der Waals surface area contributed by atoms with Crippen molar-refractivity contribution in [1.82, 2.24) is 25.5 Å². The zero-order chi connectivity index (χ0) is 14.9. The van der Waals surface area contributed by atoms with E-state index in [0.29, 0.717) is 5.25 Å². The predicted octanol–water partition coefficient (Wildman–Crippen LogP) is 1.97. The summed E-state index contributed by atoms with van der Waals surface area (Å²) in [7, 11) is 1.71. The summed E-state index contributed by atoms with van der Waals surface area (Å²) < 4.78 is 6.93. The topological polar surface area (TPSA) is 64.9 Å². The Balaban J connectivity index is 1.77. The van der Waals surface area contributed by atoms with Gasteiger partial charge in [-0.2, -0.15) is 0 Å². The van der Waals surface area contributed by atoms with Crippen LogP contribution in [0, 0.1) is 5.92 Å². The van der Waals surface area contributed by atoms with Gasteiger partial charge < -0.3 is 10.1 Å². The maximum Gasteiger partial charge on any atom is 0.209 e. The molecule has 2 rings (SSSR count). The molecule has 1 aromatic rings. The molecule has 1 aliphatic carbocycles. The van der Waals surface area contributed by atoms with Gasteiger partial charge in [-0.15, -0.1) is 5.10 Å². The van der Waals surface area contributed by atoms with E-state index in [1.807, 2.05) is 16.4 Å². The number of aromatic nitrogens is 4. The summed E-state index contributed by atoms with van der Waals surface area (Å²) in [4.78, 5) is 0. The Kier molecular flexibility index (Phi) is 7.46. The highest BCUT2D eigenvalue weighted by molar-refractivity contribution is 7.99. The third kappa shape index (κ3) is 5.56. The molecular formula is C14H27N5OS. The number of thioether (sulfide) groups is 1. The second-order valence-corrected chi connectivity index (χ2v) is 6.88. The standard InChI is InChI=1S/C14H27N5OS/c1-3-12-5-4-6-13(11-12)21-14-16-17-18-19(14)9-7-15-8-10-20-2/h12-13,15H,3-11H2,1-2H3. The fraction of sp³-hybridized carbons (Fsp3) is 0.929. The second kappa shape index (κ2) is 9.38. The Morgan fingerprint density at radius 3 is 3.10 bits per heavy atom. The predicted molar refractivity (Wildman–Crippen MR) is 84.5 cm³/mol. The molecule has 2 unspecified atom stereocenters. The van der Waals surface area contributed by atoms with Gasteiger partial charge >= 0.3 is 0 Å². The number of ether oxygens (including phenoxy) is 1. The molecule has 0 saturated heterocycles. The van der Waals surface area contributed by atoms with Crippen LogP contribution in [-0.2, 0) is 11.3 Å². The molecule has 1 fully saturated rings. The van der Waals surface area contributed by atoms with Crippen LogP contribution in [0.1, 0.15) is 39.0 Å².